The van der Waals surface area contributed by atoms with E-state index in [1.54, 1.807) is 0 Å². The Morgan fingerprint density at radius 1 is 1.11 bits per heavy atom. The second-order valence-electron chi connectivity index (χ2n) is 2.45. The number of hydrogen-bond acceptors (Lipinski definition) is 1. The maximum atomic E-state index is 9.74. The monoisotopic (exact) mass is 149 g/mol. The molecule has 0 radical (unpaired) electrons. The van der Waals surface area contributed by atoms with Crippen LogP contribution in [0.15, 0.2) is 0 Å². The highest BCUT2D eigenvalue weighted by molar-refractivity contribution is 7.70. The molecule has 0 aliphatic rings. The normalized spacial score (nSPS) is 12.0. The van der Waals surface area contributed by atoms with Crippen LogP contribution in [-0.2, 0) is 0 Å². The van der Waals surface area contributed by atoms with Crippen molar-refractivity contribution in [3.8, 4) is 0 Å². The first-order chi connectivity index (χ1) is 4.18. The van der Waals surface area contributed by atoms with Gasteiger partial charge in [-0.1, -0.05) is 6.92 Å². The summed E-state index contributed by atoms with van der Waals surface area (Å²) in [6, 6.07) is 0. The topological polar surface area (TPSA) is 20.2 Å². The smallest absolute Gasteiger partial charge is 0.141 e. The molecule has 1 N–H and O–H groups in total. The Kier molecular flexibility index (Phi) is 4.43. The molecule has 2 heteroatoms. The van der Waals surface area contributed by atoms with Gasteiger partial charge in [0.05, 0.1) is 18.5 Å². The molecule has 0 aliphatic heterocycles. The first-order valence-corrected chi connectivity index (χ1v) is 6.07. The van der Waals surface area contributed by atoms with Crippen molar-refractivity contribution in [3.63, 3.8) is 0 Å². The molecule has 0 aromatic rings. The van der Waals surface area contributed by atoms with Gasteiger partial charge in [-0.15, -0.1) is 0 Å². The van der Waals surface area contributed by atoms with Crippen LogP contribution in [0.2, 0.25) is 0 Å². The molecule has 0 amide bonds. The fourth-order valence-electron chi connectivity index (χ4n) is 0.956. The Morgan fingerprint density at radius 2 is 1.56 bits per heavy atom. The Balaban J connectivity index is 3.62. The summed E-state index contributed by atoms with van der Waals surface area (Å²) < 4.78 is 0. The molecule has 0 rings (SSSR count). The van der Waals surface area contributed by atoms with Gasteiger partial charge in [-0.25, -0.2) is 0 Å². The Labute approximate surface area is 58.9 Å². The summed E-state index contributed by atoms with van der Waals surface area (Å²) in [5, 5.41) is 0. The molecule has 0 spiro atoms. The third kappa shape index (κ3) is 3.17. The lowest BCUT2D eigenvalue weighted by Crippen LogP contribution is -2.01. The molecular formula is C7H18OP+. The van der Waals surface area contributed by atoms with Crippen LogP contribution in [0.3, 0.4) is 0 Å². The molecule has 0 saturated carbocycles. The van der Waals surface area contributed by atoms with E-state index in [1.165, 1.54) is 0 Å². The van der Waals surface area contributed by atoms with Crippen LogP contribution in [0.4, 0.5) is 0 Å². The van der Waals surface area contributed by atoms with Crippen LogP contribution in [0.25, 0.3) is 0 Å². The predicted molar refractivity (Wildman–Crippen MR) is 45.4 cm³/mol. The van der Waals surface area contributed by atoms with Gasteiger partial charge in [0.15, 0.2) is 0 Å². The molecule has 0 heterocycles. The average molecular weight is 149 g/mol. The lowest BCUT2D eigenvalue weighted by molar-refractivity contribution is 0.597. The maximum Gasteiger partial charge on any atom is 0.141 e. The minimum atomic E-state index is -1.43. The van der Waals surface area contributed by atoms with E-state index >= 15 is 0 Å². The molecule has 0 aliphatic carbocycles. The second kappa shape index (κ2) is 4.24. The first-order valence-electron chi connectivity index (χ1n) is 3.77. The lowest BCUT2D eigenvalue weighted by Gasteiger charge is -2.14. The van der Waals surface area contributed by atoms with Gasteiger partial charge in [0.1, 0.15) is 7.49 Å². The van der Waals surface area contributed by atoms with Gasteiger partial charge in [-0.05, 0) is 20.3 Å². The molecule has 0 bridgehead atoms. The fourth-order valence-corrected chi connectivity index (χ4v) is 2.87. The van der Waals surface area contributed by atoms with E-state index in [2.05, 4.69) is 20.8 Å². The van der Waals surface area contributed by atoms with E-state index in [4.69, 9.17) is 0 Å². The molecule has 0 aromatic carbocycles. The standard InChI is InChI=1S/C7H18OP/c1-4-7-9(8,5-2)6-3/h8H,4-7H2,1-3H3/q+1. The summed E-state index contributed by atoms with van der Waals surface area (Å²) in [4.78, 5) is 9.74. The SMILES string of the molecule is CCC[P+](O)(CC)CC. The van der Waals surface area contributed by atoms with E-state index in [1.807, 2.05) is 0 Å². The van der Waals surface area contributed by atoms with Crippen LogP contribution in [-0.4, -0.2) is 23.4 Å². The Bertz CT molecular complexity index is 69.3. The summed E-state index contributed by atoms with van der Waals surface area (Å²) in [6.45, 7) is 6.32. The van der Waals surface area contributed by atoms with E-state index in [-0.39, 0.29) is 0 Å². The lowest BCUT2D eigenvalue weighted by atomic mass is 10.6. The van der Waals surface area contributed by atoms with Crippen LogP contribution >= 0.6 is 7.49 Å². The van der Waals surface area contributed by atoms with Gasteiger partial charge in [0, 0.05) is 0 Å². The van der Waals surface area contributed by atoms with E-state index in [0.29, 0.717) is 0 Å². The van der Waals surface area contributed by atoms with Gasteiger partial charge in [0.2, 0.25) is 0 Å². The molecule has 0 atom stereocenters. The number of rotatable bonds is 4. The van der Waals surface area contributed by atoms with Crippen LogP contribution in [0, 0.1) is 0 Å². The van der Waals surface area contributed by atoms with E-state index in [0.717, 1.165) is 24.9 Å². The third-order valence-corrected chi connectivity index (χ3v) is 5.45. The fraction of sp³-hybridized carbons (Fsp3) is 1.00. The van der Waals surface area contributed by atoms with Crippen LogP contribution < -0.4 is 0 Å². The summed E-state index contributed by atoms with van der Waals surface area (Å²) in [5.41, 5.74) is 0. The molecule has 0 saturated heterocycles. The minimum Gasteiger partial charge on any atom is -0.252 e. The summed E-state index contributed by atoms with van der Waals surface area (Å²) in [6.07, 6.45) is 4.18. The minimum absolute atomic E-state index is 0.997. The molecule has 0 aromatic heterocycles. The van der Waals surface area contributed by atoms with Crippen molar-refractivity contribution in [2.75, 3.05) is 18.5 Å². The average Bonchev–Trinajstić information content (AvgIpc) is 1.89. The quantitative estimate of drug-likeness (QED) is 0.608. The van der Waals surface area contributed by atoms with Crippen molar-refractivity contribution < 1.29 is 4.89 Å². The molecule has 0 fully saturated rings. The summed E-state index contributed by atoms with van der Waals surface area (Å²) >= 11 is 0. The van der Waals surface area contributed by atoms with Crippen LogP contribution in [0.1, 0.15) is 27.2 Å². The van der Waals surface area contributed by atoms with Crippen LogP contribution in [0.5, 0.6) is 0 Å². The van der Waals surface area contributed by atoms with Gasteiger partial charge in [0.25, 0.3) is 0 Å². The van der Waals surface area contributed by atoms with Crippen molar-refractivity contribution in [3.05, 3.63) is 0 Å². The van der Waals surface area contributed by atoms with Crippen molar-refractivity contribution in [1.29, 1.82) is 0 Å². The zero-order valence-corrected chi connectivity index (χ0v) is 7.62. The number of hydrogen-bond donors (Lipinski definition) is 1. The third-order valence-electron chi connectivity index (χ3n) is 1.82. The molecule has 9 heavy (non-hydrogen) atoms. The second-order valence-corrected chi connectivity index (χ2v) is 6.35. The van der Waals surface area contributed by atoms with Gasteiger partial charge < -0.3 is 0 Å². The largest absolute Gasteiger partial charge is 0.252 e. The molecule has 56 valence electrons. The molecule has 1 nitrogen and oxygen atoms in total. The van der Waals surface area contributed by atoms with E-state index in [9.17, 15) is 4.89 Å². The first kappa shape index (κ1) is 9.39. The van der Waals surface area contributed by atoms with Crippen molar-refractivity contribution in [2.45, 2.75) is 27.2 Å². The Morgan fingerprint density at radius 3 is 1.67 bits per heavy atom. The molecular weight excluding hydrogens is 131 g/mol. The predicted octanol–water partition coefficient (Wildman–Crippen LogP) is 2.36. The van der Waals surface area contributed by atoms with Crippen molar-refractivity contribution in [1.82, 2.24) is 0 Å². The van der Waals surface area contributed by atoms with E-state index < -0.39 is 7.49 Å². The van der Waals surface area contributed by atoms with Gasteiger partial charge in [-0.2, -0.15) is 0 Å². The Hall–Kier alpha value is 0.390. The van der Waals surface area contributed by atoms with Gasteiger partial charge in [-0.3, -0.25) is 4.89 Å². The maximum absolute atomic E-state index is 9.74. The highest BCUT2D eigenvalue weighted by Gasteiger charge is 2.28. The van der Waals surface area contributed by atoms with Crippen molar-refractivity contribution in [2.24, 2.45) is 0 Å². The van der Waals surface area contributed by atoms with Crippen molar-refractivity contribution >= 4 is 7.49 Å². The summed E-state index contributed by atoms with van der Waals surface area (Å²) in [7, 11) is -1.43. The zero-order valence-electron chi connectivity index (χ0n) is 6.72. The highest BCUT2D eigenvalue weighted by Crippen LogP contribution is 2.53. The zero-order chi connectivity index (χ0) is 7.33. The summed E-state index contributed by atoms with van der Waals surface area (Å²) in [5.74, 6) is 0. The highest BCUT2D eigenvalue weighted by atomic mass is 31.2. The molecule has 0 unspecified atom stereocenters. The van der Waals surface area contributed by atoms with Gasteiger partial charge >= 0.3 is 0 Å².